The Morgan fingerprint density at radius 3 is 2.81 bits per heavy atom. The van der Waals surface area contributed by atoms with Gasteiger partial charge in [0, 0.05) is 6.20 Å². The van der Waals surface area contributed by atoms with Crippen LogP contribution in [0.4, 0.5) is 10.2 Å². The number of pyridine rings is 1. The van der Waals surface area contributed by atoms with E-state index in [0.717, 1.165) is 22.7 Å². The maximum atomic E-state index is 12.9. The Balaban J connectivity index is 2.87. The third kappa shape index (κ3) is 1.36. The van der Waals surface area contributed by atoms with Gasteiger partial charge in [-0.1, -0.05) is 0 Å². The number of hydrogen-bond donors (Lipinski definition) is 1. The van der Waals surface area contributed by atoms with Crippen molar-refractivity contribution in [3.63, 3.8) is 0 Å². The molecule has 0 saturated heterocycles. The summed E-state index contributed by atoms with van der Waals surface area (Å²) in [4.78, 5) is 23.8. The van der Waals surface area contributed by atoms with Gasteiger partial charge in [0.1, 0.15) is 11.3 Å². The van der Waals surface area contributed by atoms with Gasteiger partial charge >= 0.3 is 17.6 Å². The Kier molecular flexibility index (Phi) is 2.04. The van der Waals surface area contributed by atoms with Gasteiger partial charge < -0.3 is 15.2 Å². The van der Waals surface area contributed by atoms with Gasteiger partial charge in [0.05, 0.1) is 0 Å². The summed E-state index contributed by atoms with van der Waals surface area (Å²) >= 11 is 0. The molecule has 2 heterocycles. The van der Waals surface area contributed by atoms with Crippen molar-refractivity contribution in [1.29, 1.82) is 0 Å². The summed E-state index contributed by atoms with van der Waals surface area (Å²) in [5.41, 5.74) is -0.0659. The molecule has 2 aromatic rings. The zero-order chi connectivity index (χ0) is 11.9. The number of hydrogen-bond acceptors (Lipinski definition) is 4. The summed E-state index contributed by atoms with van der Waals surface area (Å²) < 4.78 is 13.7. The standard InChI is InChI=1S/C8H4FN3O4/c9-4-1-2-5-6(12(15)16)10-7(8(13)14)11(5)3-4/h1-3H,(H,13,14). The van der Waals surface area contributed by atoms with Crippen LogP contribution in [0.5, 0.6) is 0 Å². The summed E-state index contributed by atoms with van der Waals surface area (Å²) in [6.07, 6.45) is 0.832. The molecule has 0 fully saturated rings. The molecule has 0 bridgehead atoms. The number of carbonyl (C=O) groups is 1. The van der Waals surface area contributed by atoms with Gasteiger partial charge in [0.2, 0.25) is 0 Å². The van der Waals surface area contributed by atoms with Crippen molar-refractivity contribution in [3.8, 4) is 0 Å². The first-order valence-corrected chi connectivity index (χ1v) is 4.06. The lowest BCUT2D eigenvalue weighted by atomic mass is 10.4. The number of aromatic carboxylic acids is 1. The quantitative estimate of drug-likeness (QED) is 0.609. The van der Waals surface area contributed by atoms with Crippen molar-refractivity contribution >= 4 is 17.3 Å². The average Bonchev–Trinajstić information content (AvgIpc) is 2.56. The second kappa shape index (κ2) is 3.26. The molecule has 0 radical (unpaired) electrons. The largest absolute Gasteiger partial charge is 0.474 e. The highest BCUT2D eigenvalue weighted by Gasteiger charge is 2.26. The number of halogens is 1. The fraction of sp³-hybridized carbons (Fsp3) is 0. The van der Waals surface area contributed by atoms with Crippen molar-refractivity contribution in [2.45, 2.75) is 0 Å². The van der Waals surface area contributed by atoms with E-state index in [9.17, 15) is 19.3 Å². The maximum Gasteiger partial charge on any atom is 0.399 e. The first kappa shape index (κ1) is 10.0. The van der Waals surface area contributed by atoms with Crippen LogP contribution in [0.2, 0.25) is 0 Å². The Labute approximate surface area is 86.9 Å². The Hall–Kier alpha value is -2.51. The van der Waals surface area contributed by atoms with E-state index in [0.29, 0.717) is 0 Å². The normalized spacial score (nSPS) is 10.6. The van der Waals surface area contributed by atoms with Gasteiger partial charge in [-0.15, -0.1) is 0 Å². The predicted octanol–water partition coefficient (Wildman–Crippen LogP) is 1.08. The van der Waals surface area contributed by atoms with E-state index >= 15 is 0 Å². The first-order chi connectivity index (χ1) is 7.50. The summed E-state index contributed by atoms with van der Waals surface area (Å²) in [5.74, 6) is -3.38. The van der Waals surface area contributed by atoms with Gasteiger partial charge in [-0.2, -0.15) is 0 Å². The van der Waals surface area contributed by atoms with Crippen molar-refractivity contribution in [1.82, 2.24) is 9.38 Å². The van der Waals surface area contributed by atoms with Crippen LogP contribution in [0.3, 0.4) is 0 Å². The zero-order valence-corrected chi connectivity index (χ0v) is 7.62. The summed E-state index contributed by atoms with van der Waals surface area (Å²) in [5, 5.41) is 19.3. The zero-order valence-electron chi connectivity index (χ0n) is 7.62. The van der Waals surface area contributed by atoms with Crippen LogP contribution in [0.25, 0.3) is 5.52 Å². The van der Waals surface area contributed by atoms with Gasteiger partial charge in [0.15, 0.2) is 0 Å². The minimum Gasteiger partial charge on any atom is -0.474 e. The van der Waals surface area contributed by atoms with Crippen LogP contribution < -0.4 is 0 Å². The molecular weight excluding hydrogens is 221 g/mol. The van der Waals surface area contributed by atoms with Crippen LogP contribution >= 0.6 is 0 Å². The highest BCUT2D eigenvalue weighted by Crippen LogP contribution is 2.20. The molecule has 0 amide bonds. The summed E-state index contributed by atoms with van der Waals surface area (Å²) in [6.45, 7) is 0. The van der Waals surface area contributed by atoms with Crippen LogP contribution in [0.1, 0.15) is 10.6 Å². The van der Waals surface area contributed by atoms with Crippen molar-refractivity contribution in [2.75, 3.05) is 0 Å². The van der Waals surface area contributed by atoms with Gasteiger partial charge in [-0.3, -0.25) is 4.40 Å². The number of carboxylic acids is 1. The molecule has 0 aliphatic rings. The number of fused-ring (bicyclic) bond motifs is 1. The van der Waals surface area contributed by atoms with Crippen LogP contribution in [-0.4, -0.2) is 25.4 Å². The predicted molar refractivity (Wildman–Crippen MR) is 48.8 cm³/mol. The number of nitrogens with zero attached hydrogens (tertiary/aromatic N) is 3. The molecule has 0 aromatic carbocycles. The monoisotopic (exact) mass is 225 g/mol. The third-order valence-electron chi connectivity index (χ3n) is 1.95. The fourth-order valence-electron chi connectivity index (χ4n) is 1.33. The molecule has 7 nitrogen and oxygen atoms in total. The molecule has 2 rings (SSSR count). The molecule has 0 saturated carbocycles. The molecule has 16 heavy (non-hydrogen) atoms. The van der Waals surface area contributed by atoms with E-state index < -0.39 is 28.4 Å². The molecule has 0 spiro atoms. The second-order valence-electron chi connectivity index (χ2n) is 2.92. The smallest absolute Gasteiger partial charge is 0.399 e. The number of imidazole rings is 1. The number of aromatic nitrogens is 2. The summed E-state index contributed by atoms with van der Waals surface area (Å²) in [6, 6.07) is 2.10. The Morgan fingerprint density at radius 1 is 1.56 bits per heavy atom. The lowest BCUT2D eigenvalue weighted by Crippen LogP contribution is -2.03. The molecule has 0 aliphatic heterocycles. The molecule has 0 aliphatic carbocycles. The molecular formula is C8H4FN3O4. The van der Waals surface area contributed by atoms with Gasteiger partial charge in [-0.05, 0) is 22.0 Å². The highest BCUT2D eigenvalue weighted by atomic mass is 19.1. The van der Waals surface area contributed by atoms with E-state index in [4.69, 9.17) is 5.11 Å². The minimum atomic E-state index is -1.46. The van der Waals surface area contributed by atoms with E-state index in [-0.39, 0.29) is 5.52 Å². The molecule has 0 atom stereocenters. The second-order valence-corrected chi connectivity index (χ2v) is 2.92. The lowest BCUT2D eigenvalue weighted by molar-refractivity contribution is -0.387. The molecule has 82 valence electrons. The van der Waals surface area contributed by atoms with Crippen molar-refractivity contribution in [3.05, 3.63) is 40.1 Å². The Morgan fingerprint density at radius 2 is 2.25 bits per heavy atom. The van der Waals surface area contributed by atoms with Crippen LogP contribution in [-0.2, 0) is 0 Å². The van der Waals surface area contributed by atoms with Gasteiger partial charge in [-0.25, -0.2) is 9.18 Å². The number of carboxylic acid groups (broad SMARTS) is 1. The van der Waals surface area contributed by atoms with E-state index in [1.54, 1.807) is 0 Å². The lowest BCUT2D eigenvalue weighted by Gasteiger charge is -1.93. The molecule has 0 unspecified atom stereocenters. The SMILES string of the molecule is O=C(O)c1nc([N+](=O)[O-])c2ccc(F)cn12. The third-order valence-corrected chi connectivity index (χ3v) is 1.95. The van der Waals surface area contributed by atoms with Crippen LogP contribution in [0, 0.1) is 15.9 Å². The van der Waals surface area contributed by atoms with Crippen molar-refractivity contribution < 1.29 is 19.2 Å². The number of nitro groups is 1. The van der Waals surface area contributed by atoms with E-state index in [1.807, 2.05) is 0 Å². The van der Waals surface area contributed by atoms with Gasteiger partial charge in [0.25, 0.3) is 0 Å². The van der Waals surface area contributed by atoms with Crippen molar-refractivity contribution in [2.24, 2.45) is 0 Å². The van der Waals surface area contributed by atoms with Crippen LogP contribution in [0.15, 0.2) is 18.3 Å². The maximum absolute atomic E-state index is 12.9. The first-order valence-electron chi connectivity index (χ1n) is 4.06. The fourth-order valence-corrected chi connectivity index (χ4v) is 1.33. The molecule has 8 heteroatoms. The molecule has 1 N–H and O–H groups in total. The highest BCUT2D eigenvalue weighted by molar-refractivity contribution is 5.86. The molecule has 2 aromatic heterocycles. The Bertz CT molecular complexity index is 607. The van der Waals surface area contributed by atoms with E-state index in [1.165, 1.54) is 0 Å². The van der Waals surface area contributed by atoms with E-state index in [2.05, 4.69) is 4.98 Å². The summed E-state index contributed by atoms with van der Waals surface area (Å²) in [7, 11) is 0. The topological polar surface area (TPSA) is 97.7 Å². The minimum absolute atomic E-state index is 0.0659. The average molecular weight is 225 g/mol. The number of rotatable bonds is 2.